The van der Waals surface area contributed by atoms with E-state index in [9.17, 15) is 9.59 Å². The Hall–Kier alpha value is -3.01. The molecule has 0 bridgehead atoms. The summed E-state index contributed by atoms with van der Waals surface area (Å²) < 4.78 is 7.73. The lowest BCUT2D eigenvalue weighted by molar-refractivity contribution is -0.123. The number of nitrogens with zero attached hydrogens (tertiary/aromatic N) is 4. The number of thioether (sulfide) groups is 1. The Kier molecular flexibility index (Phi) is 5.91. The van der Waals surface area contributed by atoms with Crippen molar-refractivity contribution in [3.8, 4) is 0 Å². The van der Waals surface area contributed by atoms with E-state index < -0.39 is 0 Å². The maximum atomic E-state index is 13.6. The first-order valence-corrected chi connectivity index (χ1v) is 13.0. The van der Waals surface area contributed by atoms with Crippen LogP contribution in [0.1, 0.15) is 29.5 Å². The standard InChI is InChI=1S/C26H24N4O3S2/c31-24-20(14-21-25(32)30(26(34)35-21)16-19-8-5-13-33-19)23(27-22-9-3-4-11-29(22)24)28-12-10-17-6-1-2-7-18(17)15-28/h1-4,6-7,9,11,14,19H,5,8,10,12-13,15-16H2/b21-14-/t19-/m1/s1. The Morgan fingerprint density at radius 1 is 1.14 bits per heavy atom. The highest BCUT2D eigenvalue weighted by atomic mass is 32.2. The van der Waals surface area contributed by atoms with E-state index in [1.807, 2.05) is 18.2 Å². The van der Waals surface area contributed by atoms with Crippen LogP contribution < -0.4 is 10.5 Å². The molecule has 0 saturated carbocycles. The highest BCUT2D eigenvalue weighted by molar-refractivity contribution is 8.26. The molecule has 5 heterocycles. The molecule has 1 atom stereocenters. The van der Waals surface area contributed by atoms with Gasteiger partial charge in [-0.15, -0.1) is 0 Å². The monoisotopic (exact) mass is 504 g/mol. The van der Waals surface area contributed by atoms with Crippen molar-refractivity contribution < 1.29 is 9.53 Å². The maximum Gasteiger partial charge on any atom is 0.267 e. The molecule has 2 saturated heterocycles. The maximum absolute atomic E-state index is 13.6. The first kappa shape index (κ1) is 22.5. The van der Waals surface area contributed by atoms with Crippen LogP contribution in [0.4, 0.5) is 5.82 Å². The number of fused-ring (bicyclic) bond motifs is 2. The Morgan fingerprint density at radius 3 is 2.80 bits per heavy atom. The van der Waals surface area contributed by atoms with Crippen LogP contribution in [0.25, 0.3) is 11.7 Å². The van der Waals surface area contributed by atoms with E-state index >= 15 is 0 Å². The van der Waals surface area contributed by atoms with E-state index in [0.29, 0.717) is 39.3 Å². The number of thiocarbonyl (C=S) groups is 1. The topological polar surface area (TPSA) is 67.2 Å². The van der Waals surface area contributed by atoms with Gasteiger partial charge in [0.25, 0.3) is 11.5 Å². The van der Waals surface area contributed by atoms with E-state index in [1.54, 1.807) is 23.2 Å². The lowest BCUT2D eigenvalue weighted by Gasteiger charge is -2.30. The molecule has 2 fully saturated rings. The van der Waals surface area contributed by atoms with Crippen molar-refractivity contribution in [1.82, 2.24) is 14.3 Å². The van der Waals surface area contributed by atoms with Gasteiger partial charge in [0.1, 0.15) is 15.8 Å². The largest absolute Gasteiger partial charge is 0.376 e. The van der Waals surface area contributed by atoms with E-state index in [0.717, 1.165) is 32.4 Å². The number of pyridine rings is 1. The third-order valence-corrected chi connectivity index (χ3v) is 8.12. The van der Waals surface area contributed by atoms with Gasteiger partial charge in [-0.05, 0) is 48.6 Å². The molecule has 9 heteroatoms. The molecule has 3 aromatic rings. The number of anilines is 1. The third kappa shape index (κ3) is 4.17. The summed E-state index contributed by atoms with van der Waals surface area (Å²) in [5.41, 5.74) is 3.33. The van der Waals surface area contributed by atoms with Crippen LogP contribution >= 0.6 is 24.0 Å². The minimum atomic E-state index is -0.200. The number of hydrogen-bond donors (Lipinski definition) is 0. The summed E-state index contributed by atoms with van der Waals surface area (Å²) in [5, 5.41) is 0. The molecule has 1 amide bonds. The third-order valence-electron chi connectivity index (χ3n) is 6.74. The van der Waals surface area contributed by atoms with Gasteiger partial charge in [-0.3, -0.25) is 18.9 Å². The lowest BCUT2D eigenvalue weighted by atomic mass is 9.99. The van der Waals surface area contributed by atoms with Crippen molar-refractivity contribution in [2.24, 2.45) is 0 Å². The Bertz CT molecular complexity index is 1430. The number of rotatable bonds is 4. The summed E-state index contributed by atoms with van der Waals surface area (Å²) in [4.78, 5) is 36.0. The molecule has 1 aromatic carbocycles. The zero-order valence-electron chi connectivity index (χ0n) is 19.1. The van der Waals surface area contributed by atoms with Crippen molar-refractivity contribution in [3.05, 3.63) is 80.6 Å². The van der Waals surface area contributed by atoms with Crippen LogP contribution in [0.15, 0.2) is 58.4 Å². The van der Waals surface area contributed by atoms with Crippen molar-refractivity contribution in [2.75, 3.05) is 24.6 Å². The van der Waals surface area contributed by atoms with Crippen LogP contribution in [0, 0.1) is 0 Å². The van der Waals surface area contributed by atoms with E-state index in [2.05, 4.69) is 23.1 Å². The number of carbonyl (C=O) groups excluding carboxylic acids is 1. The van der Waals surface area contributed by atoms with Gasteiger partial charge in [0.15, 0.2) is 0 Å². The van der Waals surface area contributed by atoms with Crippen molar-refractivity contribution in [3.63, 3.8) is 0 Å². The molecule has 178 valence electrons. The molecule has 0 aliphatic carbocycles. The van der Waals surface area contributed by atoms with Gasteiger partial charge in [-0.2, -0.15) is 0 Å². The zero-order valence-corrected chi connectivity index (χ0v) is 20.7. The van der Waals surface area contributed by atoms with Gasteiger partial charge in [-0.1, -0.05) is 54.3 Å². The molecule has 7 nitrogen and oxygen atoms in total. The fourth-order valence-electron chi connectivity index (χ4n) is 4.92. The number of amides is 1. The van der Waals surface area contributed by atoms with Crippen LogP contribution in [-0.4, -0.2) is 50.3 Å². The minimum absolute atomic E-state index is 0.00814. The van der Waals surface area contributed by atoms with E-state index in [-0.39, 0.29) is 17.6 Å². The number of benzene rings is 1. The summed E-state index contributed by atoms with van der Waals surface area (Å²) in [7, 11) is 0. The van der Waals surface area contributed by atoms with Gasteiger partial charge in [0.05, 0.1) is 23.1 Å². The first-order chi connectivity index (χ1) is 17.1. The molecule has 3 aliphatic rings. The van der Waals surface area contributed by atoms with Crippen molar-refractivity contribution in [2.45, 2.75) is 31.9 Å². The van der Waals surface area contributed by atoms with Crippen LogP contribution in [-0.2, 0) is 22.5 Å². The second kappa shape index (κ2) is 9.22. The lowest BCUT2D eigenvalue weighted by Crippen LogP contribution is -2.35. The second-order valence-electron chi connectivity index (χ2n) is 8.95. The summed E-state index contributed by atoms with van der Waals surface area (Å²) in [5.74, 6) is 0.420. The Labute approximate surface area is 212 Å². The minimum Gasteiger partial charge on any atom is -0.376 e. The van der Waals surface area contributed by atoms with Gasteiger partial charge in [0.2, 0.25) is 0 Å². The highest BCUT2D eigenvalue weighted by Crippen LogP contribution is 2.35. The Balaban J connectivity index is 1.41. The van der Waals surface area contributed by atoms with Crippen LogP contribution in [0.3, 0.4) is 0 Å². The van der Waals surface area contributed by atoms with Gasteiger partial charge in [-0.25, -0.2) is 4.98 Å². The summed E-state index contributed by atoms with van der Waals surface area (Å²) >= 11 is 6.76. The fraction of sp³-hybridized carbons (Fsp3) is 0.308. The molecule has 0 N–H and O–H groups in total. The number of aromatic nitrogens is 2. The molecule has 0 unspecified atom stereocenters. The van der Waals surface area contributed by atoms with E-state index in [1.165, 1.54) is 27.3 Å². The van der Waals surface area contributed by atoms with Crippen molar-refractivity contribution >= 4 is 51.7 Å². The second-order valence-corrected chi connectivity index (χ2v) is 10.6. The molecule has 6 rings (SSSR count). The predicted molar refractivity (Wildman–Crippen MR) is 142 cm³/mol. The smallest absolute Gasteiger partial charge is 0.267 e. The summed E-state index contributed by atoms with van der Waals surface area (Å²) in [6, 6.07) is 13.9. The van der Waals surface area contributed by atoms with Crippen LogP contribution in [0.2, 0.25) is 0 Å². The van der Waals surface area contributed by atoms with Crippen LogP contribution in [0.5, 0.6) is 0 Å². The average molecular weight is 505 g/mol. The fourth-order valence-corrected chi connectivity index (χ4v) is 6.17. The quantitative estimate of drug-likeness (QED) is 0.397. The van der Waals surface area contributed by atoms with Gasteiger partial charge >= 0.3 is 0 Å². The number of ether oxygens (including phenoxy) is 1. The molecule has 0 radical (unpaired) electrons. The zero-order chi connectivity index (χ0) is 23.9. The first-order valence-electron chi connectivity index (χ1n) is 11.8. The summed E-state index contributed by atoms with van der Waals surface area (Å²) in [6.45, 7) is 2.57. The molecule has 3 aliphatic heterocycles. The molecule has 2 aromatic heterocycles. The molecular formula is C26H24N4O3S2. The number of hydrogen-bond acceptors (Lipinski definition) is 7. The molecular weight excluding hydrogens is 480 g/mol. The Morgan fingerprint density at radius 2 is 1.97 bits per heavy atom. The molecule has 35 heavy (non-hydrogen) atoms. The van der Waals surface area contributed by atoms with E-state index in [4.69, 9.17) is 21.9 Å². The molecule has 0 spiro atoms. The van der Waals surface area contributed by atoms with Crippen molar-refractivity contribution in [1.29, 1.82) is 0 Å². The normalized spacial score (nSPS) is 21.4. The van der Waals surface area contributed by atoms with Gasteiger partial charge < -0.3 is 9.64 Å². The average Bonchev–Trinajstić information content (AvgIpc) is 3.49. The predicted octanol–water partition coefficient (Wildman–Crippen LogP) is 3.64. The van der Waals surface area contributed by atoms with Gasteiger partial charge in [0, 0.05) is 25.9 Å². The summed E-state index contributed by atoms with van der Waals surface area (Å²) in [6.07, 6.45) is 6.19. The highest BCUT2D eigenvalue weighted by Gasteiger charge is 2.35. The SMILES string of the molecule is O=C1/C(=C/c2c(N3CCc4ccccc4C3)nc3ccccn3c2=O)SC(=S)N1C[C@H]1CCCO1. The number of carbonyl (C=O) groups is 1.